The molecule has 0 radical (unpaired) electrons. The van der Waals surface area contributed by atoms with Crippen molar-refractivity contribution in [3.8, 4) is 0 Å². The largest absolute Gasteiger partial charge is 0.459 e. The summed E-state index contributed by atoms with van der Waals surface area (Å²) >= 11 is 0. The summed E-state index contributed by atoms with van der Waals surface area (Å²) in [6, 6.07) is 6.55. The van der Waals surface area contributed by atoms with Gasteiger partial charge in [-0.1, -0.05) is 48.9 Å². The number of alkyl halides is 3. The molecule has 0 aromatic heterocycles. The second-order valence-electron chi connectivity index (χ2n) is 10.1. The van der Waals surface area contributed by atoms with Crippen molar-refractivity contribution in [1.82, 2.24) is 0 Å². The van der Waals surface area contributed by atoms with Crippen molar-refractivity contribution in [2.45, 2.75) is 75.2 Å². The zero-order valence-electron chi connectivity index (χ0n) is 19.9. The Kier molecular flexibility index (Phi) is 5.89. The molecule has 35 heavy (non-hydrogen) atoms. The number of carbonyl (C=O) groups is 2. The van der Waals surface area contributed by atoms with Crippen molar-refractivity contribution < 1.29 is 47.2 Å². The lowest BCUT2D eigenvalue weighted by molar-refractivity contribution is -0.282. The molecular weight excluding hydrogens is 469 g/mol. The highest BCUT2D eigenvalue weighted by molar-refractivity contribution is 5.84. The summed E-state index contributed by atoms with van der Waals surface area (Å²) in [6.07, 6.45) is -5.37. The van der Waals surface area contributed by atoms with Crippen molar-refractivity contribution in [1.29, 1.82) is 0 Å². The van der Waals surface area contributed by atoms with Crippen LogP contribution in [0.1, 0.15) is 45.6 Å². The zero-order chi connectivity index (χ0) is 26.0. The van der Waals surface area contributed by atoms with Gasteiger partial charge in [0.15, 0.2) is 5.60 Å². The van der Waals surface area contributed by atoms with Gasteiger partial charge in [0.25, 0.3) is 5.60 Å². The third-order valence-electron chi connectivity index (χ3n) is 8.31. The van der Waals surface area contributed by atoms with E-state index in [0.29, 0.717) is 0 Å². The Labute approximate surface area is 200 Å². The molecule has 0 unspecified atom stereocenters. The van der Waals surface area contributed by atoms with Gasteiger partial charge in [0.2, 0.25) is 0 Å². The molecule has 2 N–H and O–H groups in total. The van der Waals surface area contributed by atoms with Gasteiger partial charge in [0.1, 0.15) is 17.8 Å². The lowest BCUT2D eigenvalue weighted by atomic mass is 9.53. The molecule has 4 rings (SSSR count). The van der Waals surface area contributed by atoms with Crippen molar-refractivity contribution >= 4 is 11.9 Å². The van der Waals surface area contributed by atoms with Gasteiger partial charge in [-0.05, 0) is 26.7 Å². The number of esters is 2. The molecule has 1 aromatic carbocycles. The van der Waals surface area contributed by atoms with Gasteiger partial charge in [0, 0.05) is 30.4 Å². The molecule has 7 nitrogen and oxygen atoms in total. The summed E-state index contributed by atoms with van der Waals surface area (Å²) < 4.78 is 58.9. The highest BCUT2D eigenvalue weighted by atomic mass is 19.4. The molecular formula is C25H29F3O7. The molecule has 0 amide bonds. The molecule has 2 aliphatic carbocycles. The number of halogens is 3. The molecule has 1 saturated carbocycles. The summed E-state index contributed by atoms with van der Waals surface area (Å²) in [6.45, 7) is 4.68. The molecule has 1 aliphatic heterocycles. The number of hydrogen-bond acceptors (Lipinski definition) is 7. The van der Waals surface area contributed by atoms with E-state index in [2.05, 4.69) is 0 Å². The number of rotatable bonds is 4. The monoisotopic (exact) mass is 498 g/mol. The minimum atomic E-state index is -5.12. The van der Waals surface area contributed by atoms with Crippen LogP contribution >= 0.6 is 0 Å². The van der Waals surface area contributed by atoms with Crippen LogP contribution in [-0.4, -0.2) is 58.8 Å². The summed E-state index contributed by atoms with van der Waals surface area (Å²) in [5.74, 6) is -3.26. The number of fused-ring (bicyclic) bond motifs is 3. The Hall–Kier alpha value is -2.43. The van der Waals surface area contributed by atoms with E-state index >= 15 is 0 Å². The highest BCUT2D eigenvalue weighted by Gasteiger charge is 2.72. The summed E-state index contributed by atoms with van der Waals surface area (Å²) in [4.78, 5) is 25.7. The molecule has 2 fully saturated rings. The number of benzene rings is 1. The van der Waals surface area contributed by atoms with Gasteiger partial charge in [-0.3, -0.25) is 0 Å². The quantitative estimate of drug-likeness (QED) is 0.486. The van der Waals surface area contributed by atoms with Gasteiger partial charge in [0.05, 0.1) is 0 Å². The summed E-state index contributed by atoms with van der Waals surface area (Å²) in [5.41, 5.74) is -8.03. The van der Waals surface area contributed by atoms with Gasteiger partial charge in [-0.2, -0.15) is 13.2 Å². The maximum absolute atomic E-state index is 14.4. The molecule has 1 aromatic rings. The van der Waals surface area contributed by atoms with Crippen molar-refractivity contribution in [3.05, 3.63) is 47.5 Å². The number of ether oxygens (including phenoxy) is 3. The molecule has 3 aliphatic rings. The standard InChI is InChI=1S/C25H29F3O7/c1-14-10-11-16(21(2)12-13-23(32)18(17(14)21)35-19(29)22(23,3)31)34-20(30)24(33-4,25(26,27)28)15-8-6-5-7-9-15/h5-10,16-18,31-32H,11-13H2,1-4H3/t16-,17-,18-,21+,22+,23-,24-/m0/s1. The smallest absolute Gasteiger partial charge is 0.432 e. The van der Waals surface area contributed by atoms with Crippen LogP contribution in [0.25, 0.3) is 0 Å². The lowest BCUT2D eigenvalue weighted by Gasteiger charge is -2.55. The first-order valence-corrected chi connectivity index (χ1v) is 11.4. The molecule has 1 saturated heterocycles. The van der Waals surface area contributed by atoms with Crippen LogP contribution < -0.4 is 0 Å². The topological polar surface area (TPSA) is 102 Å². The molecule has 192 valence electrons. The molecule has 0 spiro atoms. The number of hydrogen-bond donors (Lipinski definition) is 2. The van der Waals surface area contributed by atoms with Crippen LogP contribution in [0.15, 0.2) is 42.0 Å². The lowest BCUT2D eigenvalue weighted by Crippen LogP contribution is -2.65. The van der Waals surface area contributed by atoms with E-state index in [1.165, 1.54) is 25.1 Å². The summed E-state index contributed by atoms with van der Waals surface area (Å²) in [7, 11) is 0.804. The molecule has 1 heterocycles. The van der Waals surface area contributed by atoms with E-state index in [4.69, 9.17) is 14.2 Å². The number of aliphatic hydroxyl groups is 2. The Balaban J connectivity index is 1.72. The van der Waals surface area contributed by atoms with Gasteiger partial charge in [-0.25, -0.2) is 9.59 Å². The Morgan fingerprint density at radius 3 is 2.34 bits per heavy atom. The maximum Gasteiger partial charge on any atom is 0.432 e. The predicted octanol–water partition coefficient (Wildman–Crippen LogP) is 3.18. The maximum atomic E-state index is 14.4. The van der Waals surface area contributed by atoms with Gasteiger partial charge >= 0.3 is 18.1 Å². The van der Waals surface area contributed by atoms with Gasteiger partial charge in [-0.15, -0.1) is 0 Å². The SMILES string of the molecule is CO[C@](C(=O)O[C@H]1CC=C(C)[C@H]2[C@@H]3OC(=O)[C@@](C)(O)[C@]3(O)CC[C@]12C)(c1ccccc1)C(F)(F)F. The van der Waals surface area contributed by atoms with Crippen LogP contribution in [0.3, 0.4) is 0 Å². The average Bonchev–Trinajstić information content (AvgIpc) is 2.96. The minimum absolute atomic E-state index is 0.0713. The fourth-order valence-corrected chi connectivity index (χ4v) is 6.06. The van der Waals surface area contributed by atoms with E-state index < -0.39 is 64.0 Å². The number of methoxy groups -OCH3 is 1. The molecule has 0 bridgehead atoms. The Morgan fingerprint density at radius 2 is 1.77 bits per heavy atom. The zero-order valence-corrected chi connectivity index (χ0v) is 19.9. The second kappa shape index (κ2) is 8.04. The number of carbonyl (C=O) groups excluding carboxylic acids is 2. The van der Waals surface area contributed by atoms with E-state index in [9.17, 15) is 33.0 Å². The average molecular weight is 498 g/mol. The van der Waals surface area contributed by atoms with E-state index in [1.54, 1.807) is 19.9 Å². The van der Waals surface area contributed by atoms with Crippen LogP contribution in [0.2, 0.25) is 0 Å². The van der Waals surface area contributed by atoms with Crippen molar-refractivity contribution in [2.75, 3.05) is 7.11 Å². The first kappa shape index (κ1) is 25.7. The first-order valence-electron chi connectivity index (χ1n) is 11.4. The van der Waals surface area contributed by atoms with Gasteiger partial charge < -0.3 is 24.4 Å². The van der Waals surface area contributed by atoms with Crippen LogP contribution in [0, 0.1) is 11.3 Å². The molecule has 10 heteroatoms. The van der Waals surface area contributed by atoms with Crippen LogP contribution in [0.5, 0.6) is 0 Å². The van der Waals surface area contributed by atoms with Crippen LogP contribution in [-0.2, 0) is 29.4 Å². The fourth-order valence-electron chi connectivity index (χ4n) is 6.06. The minimum Gasteiger partial charge on any atom is -0.459 e. The van der Waals surface area contributed by atoms with E-state index in [1.807, 2.05) is 0 Å². The third kappa shape index (κ3) is 3.37. The Bertz CT molecular complexity index is 1050. The normalized spacial score (nSPS) is 38.5. The van der Waals surface area contributed by atoms with E-state index in [-0.39, 0.29) is 19.3 Å². The van der Waals surface area contributed by atoms with E-state index in [0.717, 1.165) is 24.8 Å². The highest BCUT2D eigenvalue weighted by Crippen LogP contribution is 2.59. The Morgan fingerprint density at radius 1 is 1.14 bits per heavy atom. The van der Waals surface area contributed by atoms with Crippen LogP contribution in [0.4, 0.5) is 13.2 Å². The summed E-state index contributed by atoms with van der Waals surface area (Å²) in [5, 5.41) is 21.9. The van der Waals surface area contributed by atoms with Crippen molar-refractivity contribution in [2.24, 2.45) is 11.3 Å². The second-order valence-corrected chi connectivity index (χ2v) is 10.1. The molecule has 7 atom stereocenters. The van der Waals surface area contributed by atoms with Crippen molar-refractivity contribution in [3.63, 3.8) is 0 Å². The predicted molar refractivity (Wildman–Crippen MR) is 116 cm³/mol. The third-order valence-corrected chi connectivity index (χ3v) is 8.31. The fraction of sp³-hybridized carbons (Fsp3) is 0.600. The first-order chi connectivity index (χ1) is 16.2.